The molecular formula is C14H12Cl3NO2S. The van der Waals surface area contributed by atoms with Gasteiger partial charge in [-0.25, -0.2) is 8.42 Å². The molecule has 0 radical (unpaired) electrons. The lowest BCUT2D eigenvalue weighted by Gasteiger charge is -2.18. The van der Waals surface area contributed by atoms with Crippen LogP contribution in [-0.4, -0.2) is 19.8 Å². The summed E-state index contributed by atoms with van der Waals surface area (Å²) >= 11 is 17.7. The van der Waals surface area contributed by atoms with Crippen LogP contribution in [0, 0.1) is 0 Å². The van der Waals surface area contributed by atoms with E-state index in [0.717, 1.165) is 5.56 Å². The lowest BCUT2D eigenvalue weighted by atomic mass is 10.2. The van der Waals surface area contributed by atoms with Crippen LogP contribution in [0.25, 0.3) is 0 Å². The van der Waals surface area contributed by atoms with Gasteiger partial charge in [-0.3, -0.25) is 0 Å². The number of benzene rings is 2. The summed E-state index contributed by atoms with van der Waals surface area (Å²) in [6.45, 7) is 0.211. The summed E-state index contributed by atoms with van der Waals surface area (Å²) in [5.74, 6) is 0. The first kappa shape index (κ1) is 16.6. The van der Waals surface area contributed by atoms with Crippen LogP contribution < -0.4 is 0 Å². The molecule has 3 nitrogen and oxygen atoms in total. The lowest BCUT2D eigenvalue weighted by Crippen LogP contribution is -2.26. The Balaban J connectivity index is 2.30. The van der Waals surface area contributed by atoms with E-state index in [-0.39, 0.29) is 21.5 Å². The third-order valence-corrected chi connectivity index (χ3v) is 5.95. The zero-order valence-electron chi connectivity index (χ0n) is 11.1. The van der Waals surface area contributed by atoms with Crippen LogP contribution in [0.1, 0.15) is 5.56 Å². The Morgan fingerprint density at radius 2 is 1.62 bits per heavy atom. The number of halogens is 3. The molecule has 7 heteroatoms. The molecule has 0 heterocycles. The van der Waals surface area contributed by atoms with Crippen molar-refractivity contribution in [1.29, 1.82) is 0 Å². The highest BCUT2D eigenvalue weighted by Gasteiger charge is 2.24. The first-order chi connectivity index (χ1) is 9.82. The van der Waals surface area contributed by atoms with Gasteiger partial charge in [0.15, 0.2) is 0 Å². The summed E-state index contributed by atoms with van der Waals surface area (Å²) in [4.78, 5) is -0.00636. The molecule has 0 unspecified atom stereocenters. The van der Waals surface area contributed by atoms with Gasteiger partial charge in [0.2, 0.25) is 10.0 Å². The normalized spacial score (nSPS) is 11.9. The lowest BCUT2D eigenvalue weighted by molar-refractivity contribution is 0.467. The van der Waals surface area contributed by atoms with Crippen LogP contribution >= 0.6 is 34.8 Å². The third-order valence-electron chi connectivity index (χ3n) is 2.92. The number of sulfonamides is 1. The Kier molecular flexibility index (Phi) is 5.17. The second-order valence-corrected chi connectivity index (χ2v) is 7.67. The van der Waals surface area contributed by atoms with Crippen molar-refractivity contribution in [3.63, 3.8) is 0 Å². The van der Waals surface area contributed by atoms with E-state index < -0.39 is 10.0 Å². The summed E-state index contributed by atoms with van der Waals surface area (Å²) in [6, 6.07) is 11.5. The predicted octanol–water partition coefficient (Wildman–Crippen LogP) is 4.47. The van der Waals surface area contributed by atoms with E-state index >= 15 is 0 Å². The average Bonchev–Trinajstić information content (AvgIpc) is 2.44. The van der Waals surface area contributed by atoms with Gasteiger partial charge < -0.3 is 0 Å². The maximum absolute atomic E-state index is 12.5. The van der Waals surface area contributed by atoms with Gasteiger partial charge in [0.25, 0.3) is 0 Å². The van der Waals surface area contributed by atoms with E-state index in [1.54, 1.807) is 36.4 Å². The highest BCUT2D eigenvalue weighted by Crippen LogP contribution is 2.31. The van der Waals surface area contributed by atoms with E-state index in [1.807, 2.05) is 0 Å². The molecule has 0 N–H and O–H groups in total. The summed E-state index contributed by atoms with van der Waals surface area (Å²) in [6.07, 6.45) is 0. The number of hydrogen-bond acceptors (Lipinski definition) is 2. The standard InChI is InChI=1S/C14H12Cl3NO2S/c1-18(9-10-5-7-11(15)8-6-10)21(19,20)13-4-2-3-12(16)14(13)17/h2-8H,9H2,1H3. The largest absolute Gasteiger partial charge is 0.244 e. The van der Waals surface area contributed by atoms with E-state index in [4.69, 9.17) is 34.8 Å². The van der Waals surface area contributed by atoms with Crippen LogP contribution in [0.15, 0.2) is 47.4 Å². The molecule has 0 aliphatic heterocycles. The minimum Gasteiger partial charge on any atom is -0.207 e. The fourth-order valence-electron chi connectivity index (χ4n) is 1.78. The molecule has 2 rings (SSSR count). The van der Waals surface area contributed by atoms with E-state index in [1.165, 1.54) is 17.4 Å². The van der Waals surface area contributed by atoms with Gasteiger partial charge in [0.1, 0.15) is 4.90 Å². The van der Waals surface area contributed by atoms with Gasteiger partial charge >= 0.3 is 0 Å². The molecule has 21 heavy (non-hydrogen) atoms. The molecule has 2 aromatic carbocycles. The fourth-order valence-corrected chi connectivity index (χ4v) is 3.80. The molecule has 0 aliphatic rings. The van der Waals surface area contributed by atoms with E-state index in [9.17, 15) is 8.42 Å². The smallest absolute Gasteiger partial charge is 0.207 e. The Bertz CT molecular complexity index is 745. The molecule has 0 saturated carbocycles. The minimum absolute atomic E-state index is 0.00636. The second-order valence-electron chi connectivity index (χ2n) is 4.44. The SMILES string of the molecule is CN(Cc1ccc(Cl)cc1)S(=O)(=O)c1cccc(Cl)c1Cl. The quantitative estimate of drug-likeness (QED) is 0.803. The van der Waals surface area contributed by atoms with Crippen LogP contribution in [0.4, 0.5) is 0 Å². The van der Waals surface area contributed by atoms with Crippen LogP contribution in [0.2, 0.25) is 15.1 Å². The molecule has 0 spiro atoms. The first-order valence-electron chi connectivity index (χ1n) is 5.97. The van der Waals surface area contributed by atoms with Crippen molar-refractivity contribution in [2.75, 3.05) is 7.05 Å². The van der Waals surface area contributed by atoms with Gasteiger partial charge in [0.05, 0.1) is 10.0 Å². The number of rotatable bonds is 4. The zero-order valence-corrected chi connectivity index (χ0v) is 14.1. The molecule has 0 aromatic heterocycles. The Labute approximate surface area is 139 Å². The molecule has 112 valence electrons. The minimum atomic E-state index is -3.72. The third kappa shape index (κ3) is 3.71. The van der Waals surface area contributed by atoms with Crippen LogP contribution in [-0.2, 0) is 16.6 Å². The Morgan fingerprint density at radius 3 is 2.24 bits per heavy atom. The Morgan fingerprint density at radius 1 is 1.00 bits per heavy atom. The number of nitrogens with zero attached hydrogens (tertiary/aromatic N) is 1. The highest BCUT2D eigenvalue weighted by atomic mass is 35.5. The molecule has 0 fully saturated rings. The summed E-state index contributed by atoms with van der Waals surface area (Å²) < 4.78 is 26.3. The first-order valence-corrected chi connectivity index (χ1v) is 8.54. The molecule has 0 saturated heterocycles. The van der Waals surface area contributed by atoms with E-state index in [2.05, 4.69) is 0 Å². The van der Waals surface area contributed by atoms with Crippen molar-refractivity contribution >= 4 is 44.8 Å². The van der Waals surface area contributed by atoms with Crippen molar-refractivity contribution in [2.24, 2.45) is 0 Å². The maximum atomic E-state index is 12.5. The van der Waals surface area contributed by atoms with Gasteiger partial charge in [-0.05, 0) is 29.8 Å². The van der Waals surface area contributed by atoms with Gasteiger partial charge in [-0.1, -0.05) is 53.0 Å². The molecule has 0 atom stereocenters. The van der Waals surface area contributed by atoms with Gasteiger partial charge in [-0.15, -0.1) is 0 Å². The maximum Gasteiger partial charge on any atom is 0.244 e. The second kappa shape index (κ2) is 6.55. The molecular weight excluding hydrogens is 353 g/mol. The molecule has 2 aromatic rings. The molecule has 0 amide bonds. The summed E-state index contributed by atoms with van der Waals surface area (Å²) in [5.41, 5.74) is 0.823. The predicted molar refractivity (Wildman–Crippen MR) is 86.6 cm³/mol. The van der Waals surface area contributed by atoms with Crippen LogP contribution in [0.3, 0.4) is 0 Å². The van der Waals surface area contributed by atoms with Crippen LogP contribution in [0.5, 0.6) is 0 Å². The Hall–Kier alpha value is -0.780. The fraction of sp³-hybridized carbons (Fsp3) is 0.143. The summed E-state index contributed by atoms with van der Waals surface area (Å²) in [7, 11) is -2.23. The van der Waals surface area contributed by atoms with Crippen molar-refractivity contribution < 1.29 is 8.42 Å². The van der Waals surface area contributed by atoms with Crippen molar-refractivity contribution in [1.82, 2.24) is 4.31 Å². The van der Waals surface area contributed by atoms with Gasteiger partial charge in [0, 0.05) is 18.6 Å². The van der Waals surface area contributed by atoms with Gasteiger partial charge in [-0.2, -0.15) is 4.31 Å². The van der Waals surface area contributed by atoms with Crippen molar-refractivity contribution in [3.05, 3.63) is 63.1 Å². The highest BCUT2D eigenvalue weighted by molar-refractivity contribution is 7.89. The van der Waals surface area contributed by atoms with E-state index in [0.29, 0.717) is 5.02 Å². The average molecular weight is 365 g/mol. The number of hydrogen-bond donors (Lipinski definition) is 0. The zero-order chi connectivity index (χ0) is 15.6. The van der Waals surface area contributed by atoms with Crippen molar-refractivity contribution in [2.45, 2.75) is 11.4 Å². The molecule has 0 bridgehead atoms. The monoisotopic (exact) mass is 363 g/mol. The summed E-state index contributed by atoms with van der Waals surface area (Å²) in [5, 5.41) is 0.835. The molecule has 0 aliphatic carbocycles. The van der Waals surface area contributed by atoms with Crippen molar-refractivity contribution in [3.8, 4) is 0 Å². The topological polar surface area (TPSA) is 37.4 Å².